The van der Waals surface area contributed by atoms with Crippen molar-refractivity contribution in [2.24, 2.45) is 5.92 Å². The van der Waals surface area contributed by atoms with E-state index in [1.807, 2.05) is 6.07 Å². The zero-order chi connectivity index (χ0) is 23.6. The lowest BCUT2D eigenvalue weighted by Gasteiger charge is -2.24. The quantitative estimate of drug-likeness (QED) is 0.356. The lowest BCUT2D eigenvalue weighted by atomic mass is 9.82. The fraction of sp³-hybridized carbons (Fsp3) is 0.480. The summed E-state index contributed by atoms with van der Waals surface area (Å²) < 4.78 is 32.0. The van der Waals surface area contributed by atoms with Gasteiger partial charge in [0.1, 0.15) is 17.2 Å². The Morgan fingerprint density at radius 1 is 0.879 bits per heavy atom. The van der Waals surface area contributed by atoms with E-state index in [1.54, 1.807) is 44.6 Å². The Labute approximate surface area is 194 Å². The third-order valence-corrected chi connectivity index (χ3v) is 5.74. The van der Waals surface area contributed by atoms with Crippen LogP contribution in [0.25, 0.3) is 0 Å². The molecule has 1 fully saturated rings. The molecule has 0 aromatic heterocycles. The lowest BCUT2D eigenvalue weighted by molar-refractivity contribution is 0.0458. The zero-order valence-electron chi connectivity index (χ0n) is 19.4. The molecule has 0 bridgehead atoms. The number of carbonyl (C=O) groups excluding carboxylic acids is 1. The molecule has 1 N–H and O–H groups in total. The number of methoxy groups -OCH3 is 3. The Hall–Kier alpha value is -2.65. The van der Waals surface area contributed by atoms with Crippen molar-refractivity contribution < 1.29 is 38.3 Å². The van der Waals surface area contributed by atoms with Gasteiger partial charge in [-0.15, -0.1) is 0 Å². The average Bonchev–Trinajstić information content (AvgIpc) is 3.34. The molecule has 0 heterocycles. The van der Waals surface area contributed by atoms with E-state index in [2.05, 4.69) is 0 Å². The third kappa shape index (κ3) is 6.23. The SMILES string of the molecule is COCOc1ccc(C(=O)[C@H]2CCC[C@H]2c2cc(OCOC)cc(CO)c2OCOC)cc1. The van der Waals surface area contributed by atoms with Crippen LogP contribution < -0.4 is 14.2 Å². The second kappa shape index (κ2) is 12.6. The normalized spacial score (nSPS) is 17.7. The predicted molar refractivity (Wildman–Crippen MR) is 121 cm³/mol. The van der Waals surface area contributed by atoms with E-state index >= 15 is 0 Å². The number of Topliss-reactive ketones (excluding diaryl/α,β-unsaturated/α-hetero) is 1. The van der Waals surface area contributed by atoms with Crippen molar-refractivity contribution in [3.63, 3.8) is 0 Å². The second-order valence-electron chi connectivity index (χ2n) is 7.84. The van der Waals surface area contributed by atoms with E-state index in [4.69, 9.17) is 28.4 Å². The molecule has 1 aliphatic carbocycles. The number of benzene rings is 2. The Bertz CT molecular complexity index is 896. The van der Waals surface area contributed by atoms with Gasteiger partial charge in [-0.2, -0.15) is 0 Å². The van der Waals surface area contributed by atoms with Crippen LogP contribution in [0.5, 0.6) is 17.2 Å². The smallest absolute Gasteiger partial charge is 0.188 e. The molecule has 3 rings (SSSR count). The van der Waals surface area contributed by atoms with Crippen molar-refractivity contribution in [3.8, 4) is 17.2 Å². The van der Waals surface area contributed by atoms with E-state index in [0.29, 0.717) is 28.4 Å². The maximum Gasteiger partial charge on any atom is 0.188 e. The van der Waals surface area contributed by atoms with Crippen molar-refractivity contribution >= 4 is 5.78 Å². The molecule has 0 radical (unpaired) electrons. The Kier molecular flexibility index (Phi) is 9.50. The van der Waals surface area contributed by atoms with Crippen molar-refractivity contribution in [1.82, 2.24) is 0 Å². The first-order valence-electron chi connectivity index (χ1n) is 10.9. The van der Waals surface area contributed by atoms with Gasteiger partial charge >= 0.3 is 0 Å². The van der Waals surface area contributed by atoms with Crippen LogP contribution in [0.4, 0.5) is 0 Å². The first-order chi connectivity index (χ1) is 16.1. The van der Waals surface area contributed by atoms with Crippen molar-refractivity contribution in [2.45, 2.75) is 31.8 Å². The summed E-state index contributed by atoms with van der Waals surface area (Å²) in [6, 6.07) is 10.7. The number of hydrogen-bond donors (Lipinski definition) is 1. The maximum atomic E-state index is 13.5. The topological polar surface area (TPSA) is 92.7 Å². The highest BCUT2D eigenvalue weighted by molar-refractivity contribution is 5.98. The Morgan fingerprint density at radius 3 is 2.15 bits per heavy atom. The van der Waals surface area contributed by atoms with Gasteiger partial charge in [0.15, 0.2) is 26.2 Å². The first-order valence-corrected chi connectivity index (χ1v) is 10.9. The number of rotatable bonds is 13. The van der Waals surface area contributed by atoms with Gasteiger partial charge in [-0.05, 0) is 55.2 Å². The molecule has 8 heteroatoms. The molecule has 2 atom stereocenters. The van der Waals surface area contributed by atoms with Crippen molar-refractivity contribution in [1.29, 1.82) is 0 Å². The van der Waals surface area contributed by atoms with Crippen molar-refractivity contribution in [3.05, 3.63) is 53.1 Å². The summed E-state index contributed by atoms with van der Waals surface area (Å²) in [5, 5.41) is 9.98. The molecule has 0 spiro atoms. The number of aliphatic hydroxyl groups is 1. The van der Waals surface area contributed by atoms with Gasteiger partial charge in [0.2, 0.25) is 0 Å². The summed E-state index contributed by atoms with van der Waals surface area (Å²) >= 11 is 0. The van der Waals surface area contributed by atoms with E-state index in [-0.39, 0.29) is 44.6 Å². The molecule has 0 saturated heterocycles. The third-order valence-electron chi connectivity index (χ3n) is 5.74. The average molecular weight is 461 g/mol. The summed E-state index contributed by atoms with van der Waals surface area (Å²) in [6.07, 6.45) is 2.51. The molecule has 0 amide bonds. The van der Waals surface area contributed by atoms with Crippen LogP contribution in [-0.4, -0.2) is 52.6 Å². The highest BCUT2D eigenvalue weighted by Crippen LogP contribution is 2.47. The standard InChI is InChI=1S/C25H32O8/c1-28-14-31-19-9-7-17(8-10-19)24(27)22-6-4-5-21(22)23-12-20(32-15-29-2)11-18(13-26)25(23)33-16-30-3/h7-12,21-22,26H,4-6,13-16H2,1-3H3/t21-,22+/m1/s1. The molecule has 0 unspecified atom stereocenters. The van der Waals surface area contributed by atoms with Gasteiger partial charge in [-0.3, -0.25) is 4.79 Å². The van der Waals surface area contributed by atoms with E-state index in [1.165, 1.54) is 7.11 Å². The number of carbonyl (C=O) groups is 1. The minimum atomic E-state index is -0.232. The second-order valence-corrected chi connectivity index (χ2v) is 7.84. The number of ether oxygens (including phenoxy) is 6. The largest absolute Gasteiger partial charge is 0.468 e. The molecule has 2 aromatic carbocycles. The van der Waals surface area contributed by atoms with Gasteiger partial charge < -0.3 is 33.5 Å². The highest BCUT2D eigenvalue weighted by Gasteiger charge is 2.37. The summed E-state index contributed by atoms with van der Waals surface area (Å²) in [5.41, 5.74) is 2.04. The van der Waals surface area contributed by atoms with E-state index in [9.17, 15) is 9.90 Å². The lowest BCUT2D eigenvalue weighted by Crippen LogP contribution is -2.19. The molecule has 1 saturated carbocycles. The molecule has 2 aromatic rings. The molecule has 180 valence electrons. The zero-order valence-corrected chi connectivity index (χ0v) is 19.4. The Balaban J connectivity index is 1.91. The first kappa shape index (κ1) is 25.0. The van der Waals surface area contributed by atoms with Gasteiger partial charge in [-0.1, -0.05) is 6.42 Å². The monoisotopic (exact) mass is 460 g/mol. The van der Waals surface area contributed by atoms with Gasteiger partial charge in [-0.25, -0.2) is 0 Å². The Morgan fingerprint density at radius 2 is 1.52 bits per heavy atom. The summed E-state index contributed by atoms with van der Waals surface area (Å²) in [6.45, 7) is 0.0288. The van der Waals surface area contributed by atoms with Crippen LogP contribution in [-0.2, 0) is 20.8 Å². The maximum absolute atomic E-state index is 13.5. The molecule has 8 nitrogen and oxygen atoms in total. The van der Waals surface area contributed by atoms with Crippen LogP contribution in [0.15, 0.2) is 36.4 Å². The summed E-state index contributed by atoms with van der Waals surface area (Å²) in [4.78, 5) is 13.5. The number of ketones is 1. The minimum Gasteiger partial charge on any atom is -0.468 e. The van der Waals surface area contributed by atoms with Crippen LogP contribution in [0.2, 0.25) is 0 Å². The van der Waals surface area contributed by atoms with E-state index < -0.39 is 0 Å². The number of aliphatic hydroxyl groups excluding tert-OH is 1. The molecular formula is C25H32O8. The molecule has 33 heavy (non-hydrogen) atoms. The fourth-order valence-electron chi connectivity index (χ4n) is 4.28. The van der Waals surface area contributed by atoms with Gasteiger partial charge in [0.05, 0.1) is 6.61 Å². The van der Waals surface area contributed by atoms with Crippen LogP contribution in [0, 0.1) is 5.92 Å². The highest BCUT2D eigenvalue weighted by atomic mass is 16.7. The molecule has 0 aliphatic heterocycles. The minimum absolute atomic E-state index is 0.0343. The van der Waals surface area contributed by atoms with Crippen LogP contribution in [0.3, 0.4) is 0 Å². The van der Waals surface area contributed by atoms with Gasteiger partial charge in [0, 0.05) is 43.9 Å². The van der Waals surface area contributed by atoms with Crippen molar-refractivity contribution in [2.75, 3.05) is 41.7 Å². The van der Waals surface area contributed by atoms with E-state index in [0.717, 1.165) is 24.8 Å². The van der Waals surface area contributed by atoms with Gasteiger partial charge in [0.25, 0.3) is 0 Å². The predicted octanol–water partition coefficient (Wildman–Crippen LogP) is 3.89. The summed E-state index contributed by atoms with van der Waals surface area (Å²) in [5.74, 6) is 1.51. The van der Waals surface area contributed by atoms with Crippen LogP contribution >= 0.6 is 0 Å². The van der Waals surface area contributed by atoms with Crippen LogP contribution in [0.1, 0.15) is 46.7 Å². The number of hydrogen-bond acceptors (Lipinski definition) is 8. The fourth-order valence-corrected chi connectivity index (χ4v) is 4.28. The molecule has 1 aliphatic rings. The summed E-state index contributed by atoms with van der Waals surface area (Å²) in [7, 11) is 4.64. The molecular weight excluding hydrogens is 428 g/mol.